The lowest BCUT2D eigenvalue weighted by Gasteiger charge is -2.11. The molecular weight excluding hydrogens is 352 g/mol. The lowest BCUT2D eigenvalue weighted by Crippen LogP contribution is -2.33. The molecule has 0 heterocycles. The van der Waals surface area contributed by atoms with Gasteiger partial charge in [-0.2, -0.15) is 0 Å². The van der Waals surface area contributed by atoms with Crippen molar-refractivity contribution >= 4 is 56.5 Å². The van der Waals surface area contributed by atoms with Gasteiger partial charge < -0.3 is 15.4 Å². The number of amides is 1. The van der Waals surface area contributed by atoms with Crippen molar-refractivity contribution in [3.05, 3.63) is 22.7 Å². The standard InChI is InChI=1S/C12H14BrClN2O2S/c1-18-10-5-4-8(7-9(10)13)15-12(19)16-11(17)3-2-6-14/h4-5,7H,2-3,6H2,1H3,(H2,15,16,17,19). The predicted octanol–water partition coefficient (Wildman–Crippen LogP) is 3.29. The molecule has 0 aliphatic rings. The van der Waals surface area contributed by atoms with Gasteiger partial charge in [0, 0.05) is 18.0 Å². The van der Waals surface area contributed by atoms with Crippen molar-refractivity contribution in [3.63, 3.8) is 0 Å². The van der Waals surface area contributed by atoms with Crippen LogP contribution < -0.4 is 15.4 Å². The number of thiocarbonyl (C=S) groups is 1. The van der Waals surface area contributed by atoms with Crippen molar-refractivity contribution in [2.75, 3.05) is 18.3 Å². The van der Waals surface area contributed by atoms with Crippen molar-refractivity contribution in [2.24, 2.45) is 0 Å². The van der Waals surface area contributed by atoms with Crippen LogP contribution >= 0.6 is 39.7 Å². The van der Waals surface area contributed by atoms with E-state index in [1.54, 1.807) is 19.2 Å². The monoisotopic (exact) mass is 364 g/mol. The van der Waals surface area contributed by atoms with Crippen LogP contribution in [0.1, 0.15) is 12.8 Å². The minimum Gasteiger partial charge on any atom is -0.496 e. The molecule has 0 spiro atoms. The van der Waals surface area contributed by atoms with Crippen LogP contribution in [0.4, 0.5) is 5.69 Å². The van der Waals surface area contributed by atoms with Crippen molar-refractivity contribution in [3.8, 4) is 5.75 Å². The van der Waals surface area contributed by atoms with E-state index in [1.165, 1.54) is 0 Å². The van der Waals surface area contributed by atoms with Gasteiger partial charge in [0.25, 0.3) is 0 Å². The number of carbonyl (C=O) groups is 1. The number of hydrogen-bond acceptors (Lipinski definition) is 3. The topological polar surface area (TPSA) is 50.4 Å². The van der Waals surface area contributed by atoms with E-state index in [0.717, 1.165) is 15.9 Å². The van der Waals surface area contributed by atoms with Gasteiger partial charge in [0.1, 0.15) is 5.75 Å². The fourth-order valence-corrected chi connectivity index (χ4v) is 2.23. The average Bonchev–Trinajstić information content (AvgIpc) is 2.36. The predicted molar refractivity (Wildman–Crippen MR) is 85.0 cm³/mol. The van der Waals surface area contributed by atoms with E-state index >= 15 is 0 Å². The molecule has 1 aromatic rings. The molecule has 0 aliphatic carbocycles. The number of hydrogen-bond donors (Lipinski definition) is 2. The molecule has 0 aromatic heterocycles. The first-order valence-corrected chi connectivity index (χ1v) is 7.30. The van der Waals surface area contributed by atoms with Gasteiger partial charge in [-0.05, 0) is 52.8 Å². The number of benzene rings is 1. The van der Waals surface area contributed by atoms with E-state index in [9.17, 15) is 4.79 Å². The highest BCUT2D eigenvalue weighted by Crippen LogP contribution is 2.27. The summed E-state index contributed by atoms with van der Waals surface area (Å²) in [5, 5.41) is 5.77. The number of carbonyl (C=O) groups excluding carboxylic acids is 1. The lowest BCUT2D eigenvalue weighted by molar-refractivity contribution is -0.119. The molecule has 0 saturated heterocycles. The first kappa shape index (κ1) is 16.2. The summed E-state index contributed by atoms with van der Waals surface area (Å²) >= 11 is 13.9. The number of rotatable bonds is 5. The third kappa shape index (κ3) is 5.76. The Bertz CT molecular complexity index is 471. The van der Waals surface area contributed by atoms with E-state index in [4.69, 9.17) is 28.6 Å². The van der Waals surface area contributed by atoms with Crippen molar-refractivity contribution in [1.82, 2.24) is 5.32 Å². The quantitative estimate of drug-likeness (QED) is 0.621. The van der Waals surface area contributed by atoms with Crippen LogP contribution in [-0.4, -0.2) is 24.0 Å². The first-order valence-electron chi connectivity index (χ1n) is 5.57. The Balaban J connectivity index is 2.52. The van der Waals surface area contributed by atoms with Crippen molar-refractivity contribution < 1.29 is 9.53 Å². The Hall–Kier alpha value is -0.850. The van der Waals surface area contributed by atoms with Crippen LogP contribution in [-0.2, 0) is 4.79 Å². The number of alkyl halides is 1. The molecule has 1 aromatic carbocycles. The van der Waals surface area contributed by atoms with Crippen LogP contribution in [0.25, 0.3) is 0 Å². The summed E-state index contributed by atoms with van der Waals surface area (Å²) in [6, 6.07) is 5.42. The largest absolute Gasteiger partial charge is 0.496 e. The molecule has 0 saturated carbocycles. The van der Waals surface area contributed by atoms with E-state index < -0.39 is 0 Å². The minimum atomic E-state index is -0.147. The molecule has 19 heavy (non-hydrogen) atoms. The molecule has 0 fully saturated rings. The third-order valence-corrected chi connectivity index (χ3v) is 3.29. The number of ether oxygens (including phenoxy) is 1. The molecule has 0 radical (unpaired) electrons. The van der Waals surface area contributed by atoms with Gasteiger partial charge in [-0.1, -0.05) is 0 Å². The molecule has 7 heteroatoms. The number of anilines is 1. The molecule has 0 unspecified atom stereocenters. The van der Waals surface area contributed by atoms with Crippen LogP contribution in [0.2, 0.25) is 0 Å². The maximum Gasteiger partial charge on any atom is 0.226 e. The summed E-state index contributed by atoms with van der Waals surface area (Å²) < 4.78 is 5.93. The van der Waals surface area contributed by atoms with Crippen molar-refractivity contribution in [1.29, 1.82) is 0 Å². The van der Waals surface area contributed by atoms with Crippen LogP contribution in [0, 0.1) is 0 Å². The fraction of sp³-hybridized carbons (Fsp3) is 0.333. The first-order chi connectivity index (χ1) is 9.06. The Kier molecular flexibility index (Phi) is 7.12. The normalized spacial score (nSPS) is 9.84. The van der Waals surface area contributed by atoms with E-state index in [1.807, 2.05) is 6.07 Å². The molecule has 1 rings (SSSR count). The summed E-state index contributed by atoms with van der Waals surface area (Å²) in [5.41, 5.74) is 0.760. The van der Waals surface area contributed by atoms with E-state index in [2.05, 4.69) is 26.6 Å². The van der Waals surface area contributed by atoms with Gasteiger partial charge in [0.05, 0.1) is 11.6 Å². The van der Waals surface area contributed by atoms with Crippen LogP contribution in [0.3, 0.4) is 0 Å². The van der Waals surface area contributed by atoms with E-state index in [-0.39, 0.29) is 11.0 Å². The summed E-state index contributed by atoms with van der Waals surface area (Å²) in [6.45, 7) is 0. The third-order valence-electron chi connectivity index (χ3n) is 2.20. The Morgan fingerprint density at radius 2 is 2.26 bits per heavy atom. The van der Waals surface area contributed by atoms with Gasteiger partial charge in [-0.25, -0.2) is 0 Å². The molecule has 4 nitrogen and oxygen atoms in total. The second-order valence-corrected chi connectivity index (χ2v) is 5.28. The van der Waals surface area contributed by atoms with Crippen LogP contribution in [0.5, 0.6) is 5.75 Å². The highest BCUT2D eigenvalue weighted by molar-refractivity contribution is 9.10. The zero-order valence-corrected chi connectivity index (χ0v) is 13.5. The van der Waals surface area contributed by atoms with Gasteiger partial charge in [-0.15, -0.1) is 11.6 Å². The van der Waals surface area contributed by atoms with Gasteiger partial charge in [0.2, 0.25) is 5.91 Å². The highest BCUT2D eigenvalue weighted by atomic mass is 79.9. The summed E-state index contributed by atoms with van der Waals surface area (Å²) in [7, 11) is 1.59. The average molecular weight is 366 g/mol. The SMILES string of the molecule is COc1ccc(NC(=S)NC(=O)CCCCl)cc1Br. The summed E-state index contributed by atoms with van der Waals surface area (Å²) in [4.78, 5) is 11.4. The van der Waals surface area contributed by atoms with Crippen LogP contribution in [0.15, 0.2) is 22.7 Å². The molecule has 0 atom stereocenters. The van der Waals surface area contributed by atoms with Crippen molar-refractivity contribution in [2.45, 2.75) is 12.8 Å². The molecule has 104 valence electrons. The van der Waals surface area contributed by atoms with E-state index in [0.29, 0.717) is 18.7 Å². The molecule has 1 amide bonds. The summed E-state index contributed by atoms with van der Waals surface area (Å²) in [5.74, 6) is 1.03. The number of methoxy groups -OCH3 is 1. The molecule has 0 aliphatic heterocycles. The maximum atomic E-state index is 11.4. The second-order valence-electron chi connectivity index (χ2n) is 3.64. The number of nitrogens with one attached hydrogen (secondary N) is 2. The zero-order chi connectivity index (χ0) is 14.3. The Labute approximate surface area is 131 Å². The Morgan fingerprint density at radius 1 is 1.53 bits per heavy atom. The Morgan fingerprint density at radius 3 is 2.84 bits per heavy atom. The fourth-order valence-electron chi connectivity index (χ4n) is 1.32. The smallest absolute Gasteiger partial charge is 0.226 e. The van der Waals surface area contributed by atoms with Gasteiger partial charge in [-0.3, -0.25) is 4.79 Å². The lowest BCUT2D eigenvalue weighted by atomic mass is 10.3. The molecule has 0 bridgehead atoms. The molecular formula is C12H14BrClN2O2S. The maximum absolute atomic E-state index is 11.4. The van der Waals surface area contributed by atoms with Gasteiger partial charge in [0.15, 0.2) is 5.11 Å². The minimum absolute atomic E-state index is 0.147. The second kappa shape index (κ2) is 8.35. The highest BCUT2D eigenvalue weighted by Gasteiger charge is 2.06. The number of halogens is 2. The zero-order valence-electron chi connectivity index (χ0n) is 10.3. The molecule has 2 N–H and O–H groups in total. The van der Waals surface area contributed by atoms with Gasteiger partial charge >= 0.3 is 0 Å². The summed E-state index contributed by atoms with van der Waals surface area (Å²) in [6.07, 6.45) is 0.988.